The molecule has 200 valence electrons. The minimum atomic E-state index is -1.82. The molecule has 10 atom stereocenters. The van der Waals surface area contributed by atoms with Crippen LogP contribution in [0.15, 0.2) is 27.4 Å². The lowest BCUT2D eigenvalue weighted by molar-refractivity contribution is -0.323. The van der Waals surface area contributed by atoms with E-state index in [1.54, 1.807) is 0 Å². The molecule has 2 fully saturated rings. The van der Waals surface area contributed by atoms with Crippen LogP contribution in [0, 0.1) is 0 Å². The topological polar surface area (TPSA) is 249 Å². The van der Waals surface area contributed by atoms with Crippen molar-refractivity contribution in [1.82, 2.24) is 0 Å². The van der Waals surface area contributed by atoms with E-state index in [2.05, 4.69) is 0 Å². The molecule has 0 saturated carbocycles. The summed E-state index contributed by atoms with van der Waals surface area (Å²) in [5.41, 5.74) is -1.24. The van der Waals surface area contributed by atoms with Gasteiger partial charge in [-0.1, -0.05) is 0 Å². The first-order chi connectivity index (χ1) is 17.0. The molecule has 0 spiro atoms. The van der Waals surface area contributed by atoms with Crippen molar-refractivity contribution in [2.45, 2.75) is 61.4 Å². The Balaban J connectivity index is 1.52. The maximum absolute atomic E-state index is 11.5. The summed E-state index contributed by atoms with van der Waals surface area (Å²) >= 11 is 0. The minimum Gasteiger partial charge on any atom is -0.504 e. The van der Waals surface area contributed by atoms with Gasteiger partial charge < -0.3 is 69.3 Å². The first-order valence-corrected chi connectivity index (χ1v) is 10.8. The normalized spacial score (nSPS) is 37.2. The maximum atomic E-state index is 11.5. The van der Waals surface area contributed by atoms with Gasteiger partial charge in [-0.25, -0.2) is 4.79 Å². The lowest BCUT2D eigenvalue weighted by Gasteiger charge is -2.42. The number of phenols is 2. The zero-order valence-corrected chi connectivity index (χ0v) is 18.4. The summed E-state index contributed by atoms with van der Waals surface area (Å²) in [5, 5.41) is 90.1. The first kappa shape index (κ1) is 26.5. The van der Waals surface area contributed by atoms with Crippen molar-refractivity contribution < 1.29 is 69.3 Å². The third kappa shape index (κ3) is 4.85. The fourth-order valence-corrected chi connectivity index (χ4v) is 3.94. The Kier molecular flexibility index (Phi) is 7.67. The predicted molar refractivity (Wildman–Crippen MR) is 113 cm³/mol. The summed E-state index contributed by atoms with van der Waals surface area (Å²) in [7, 11) is 0. The van der Waals surface area contributed by atoms with Crippen LogP contribution in [0.4, 0.5) is 0 Å². The number of aliphatic hydroxyl groups is 7. The Morgan fingerprint density at radius 1 is 0.806 bits per heavy atom. The first-order valence-electron chi connectivity index (χ1n) is 10.8. The van der Waals surface area contributed by atoms with Crippen molar-refractivity contribution >= 4 is 11.0 Å². The van der Waals surface area contributed by atoms with Gasteiger partial charge in [0, 0.05) is 12.1 Å². The molecular formula is C21H26O15. The quantitative estimate of drug-likeness (QED) is 0.131. The largest absolute Gasteiger partial charge is 0.504 e. The number of fused-ring (bicyclic) bond motifs is 1. The Labute approximate surface area is 201 Å². The molecule has 15 nitrogen and oxygen atoms in total. The second kappa shape index (κ2) is 10.4. The maximum Gasteiger partial charge on any atom is 0.336 e. The highest BCUT2D eigenvalue weighted by atomic mass is 16.7. The molecule has 2 aliphatic heterocycles. The molecule has 1 aromatic heterocycles. The zero-order chi connectivity index (χ0) is 26.3. The highest BCUT2D eigenvalue weighted by Gasteiger charge is 2.48. The highest BCUT2D eigenvalue weighted by Crippen LogP contribution is 2.40. The molecule has 2 saturated heterocycles. The van der Waals surface area contributed by atoms with Crippen LogP contribution in [0.2, 0.25) is 0 Å². The average Bonchev–Trinajstić information content (AvgIpc) is 2.86. The summed E-state index contributed by atoms with van der Waals surface area (Å²) < 4.78 is 26.5. The highest BCUT2D eigenvalue weighted by molar-refractivity contribution is 5.90. The van der Waals surface area contributed by atoms with Crippen molar-refractivity contribution in [3.8, 4) is 17.2 Å². The van der Waals surface area contributed by atoms with E-state index in [0.29, 0.717) is 0 Å². The molecule has 2 aromatic rings. The number of benzene rings is 1. The number of phenolic OH excluding ortho intramolecular Hbond substituents is 2. The van der Waals surface area contributed by atoms with Crippen LogP contribution < -0.4 is 10.4 Å². The van der Waals surface area contributed by atoms with Gasteiger partial charge in [-0.2, -0.15) is 0 Å². The van der Waals surface area contributed by atoms with Crippen LogP contribution in [-0.4, -0.2) is 121 Å². The second-order valence-electron chi connectivity index (χ2n) is 8.40. The van der Waals surface area contributed by atoms with Crippen molar-refractivity contribution in [3.63, 3.8) is 0 Å². The van der Waals surface area contributed by atoms with Gasteiger partial charge in [0.15, 0.2) is 17.6 Å². The van der Waals surface area contributed by atoms with Crippen molar-refractivity contribution in [2.24, 2.45) is 0 Å². The number of hydrogen-bond acceptors (Lipinski definition) is 15. The van der Waals surface area contributed by atoms with Crippen LogP contribution in [0.1, 0.15) is 0 Å². The molecule has 0 radical (unpaired) electrons. The molecule has 1 aromatic carbocycles. The van der Waals surface area contributed by atoms with E-state index in [4.69, 9.17) is 23.4 Å². The van der Waals surface area contributed by atoms with Crippen LogP contribution in [0.5, 0.6) is 17.2 Å². The van der Waals surface area contributed by atoms with E-state index >= 15 is 0 Å². The van der Waals surface area contributed by atoms with E-state index in [9.17, 15) is 50.8 Å². The SMILES string of the molecule is O=c1ccc2c(OC3OC(COC4OC(CO)C(O)C(O)C4O)C(O)C(O)C3O)cc(O)c(O)c2o1. The van der Waals surface area contributed by atoms with E-state index in [1.807, 2.05) is 0 Å². The van der Waals surface area contributed by atoms with E-state index in [-0.39, 0.29) is 11.1 Å². The van der Waals surface area contributed by atoms with E-state index < -0.39 is 97.3 Å². The van der Waals surface area contributed by atoms with Gasteiger partial charge in [0.25, 0.3) is 0 Å². The fourth-order valence-electron chi connectivity index (χ4n) is 3.94. The lowest BCUT2D eigenvalue weighted by Crippen LogP contribution is -2.62. The predicted octanol–water partition coefficient (Wildman–Crippen LogP) is -3.79. The molecule has 0 amide bonds. The molecule has 0 bridgehead atoms. The van der Waals surface area contributed by atoms with Crippen LogP contribution in [-0.2, 0) is 14.2 Å². The van der Waals surface area contributed by atoms with Crippen molar-refractivity contribution in [3.05, 3.63) is 28.6 Å². The minimum absolute atomic E-state index is 0.00966. The molecule has 4 rings (SSSR count). The average molecular weight is 518 g/mol. The fraction of sp³-hybridized carbons (Fsp3) is 0.571. The number of rotatable bonds is 6. The number of aromatic hydroxyl groups is 2. The Morgan fingerprint density at radius 3 is 2.08 bits per heavy atom. The van der Waals surface area contributed by atoms with Gasteiger partial charge in [0.1, 0.15) is 54.6 Å². The Hall–Kier alpha value is -2.57. The third-order valence-electron chi connectivity index (χ3n) is 6.01. The molecular weight excluding hydrogens is 492 g/mol. The molecule has 0 aliphatic carbocycles. The van der Waals surface area contributed by atoms with Gasteiger partial charge in [0.2, 0.25) is 12.0 Å². The molecule has 3 heterocycles. The third-order valence-corrected chi connectivity index (χ3v) is 6.01. The Morgan fingerprint density at radius 2 is 1.42 bits per heavy atom. The molecule has 10 unspecified atom stereocenters. The van der Waals surface area contributed by atoms with Crippen molar-refractivity contribution in [1.29, 1.82) is 0 Å². The monoisotopic (exact) mass is 518 g/mol. The number of aliphatic hydroxyl groups excluding tert-OH is 7. The van der Waals surface area contributed by atoms with Gasteiger partial charge in [-0.15, -0.1) is 0 Å². The van der Waals surface area contributed by atoms with Crippen molar-refractivity contribution in [2.75, 3.05) is 13.2 Å². The molecule has 15 heteroatoms. The van der Waals surface area contributed by atoms with Gasteiger partial charge in [-0.05, 0) is 6.07 Å². The Bertz CT molecular complexity index is 1120. The molecule has 2 aliphatic rings. The standard InChI is InChI=1S/C21H26O15/c22-4-9-13(26)15(28)17(30)20(34-9)32-5-10-14(27)16(29)18(31)21(35-10)33-8-3-7(23)12(25)19-6(8)1-2-11(24)36-19/h1-3,9-10,13-18,20-23,25-31H,4-5H2. The zero-order valence-electron chi connectivity index (χ0n) is 18.4. The number of ether oxygens (including phenoxy) is 4. The van der Waals surface area contributed by atoms with E-state index in [1.165, 1.54) is 6.07 Å². The van der Waals surface area contributed by atoms with E-state index in [0.717, 1.165) is 12.1 Å². The number of hydrogen-bond donors (Lipinski definition) is 9. The van der Waals surface area contributed by atoms with Crippen LogP contribution in [0.3, 0.4) is 0 Å². The summed E-state index contributed by atoms with van der Waals surface area (Å²) in [6.07, 6.45) is -16.3. The summed E-state index contributed by atoms with van der Waals surface area (Å²) in [4.78, 5) is 11.5. The summed E-state index contributed by atoms with van der Waals surface area (Å²) in [6, 6.07) is 3.18. The smallest absolute Gasteiger partial charge is 0.336 e. The second-order valence-corrected chi connectivity index (χ2v) is 8.40. The van der Waals surface area contributed by atoms with Gasteiger partial charge in [0.05, 0.1) is 18.6 Å². The summed E-state index contributed by atoms with van der Waals surface area (Å²) in [5.74, 6) is -1.67. The molecule has 9 N–H and O–H groups in total. The van der Waals surface area contributed by atoms with Gasteiger partial charge in [-0.3, -0.25) is 0 Å². The molecule has 36 heavy (non-hydrogen) atoms. The van der Waals surface area contributed by atoms with Gasteiger partial charge >= 0.3 is 5.63 Å². The lowest BCUT2D eigenvalue weighted by atomic mass is 9.98. The van der Waals surface area contributed by atoms with Crippen LogP contribution >= 0.6 is 0 Å². The summed E-state index contributed by atoms with van der Waals surface area (Å²) in [6.45, 7) is -1.27. The van der Waals surface area contributed by atoms with Crippen LogP contribution in [0.25, 0.3) is 11.0 Å².